The van der Waals surface area contributed by atoms with Gasteiger partial charge in [-0.1, -0.05) is 11.6 Å². The zero-order chi connectivity index (χ0) is 13.0. The number of hydrogen-bond acceptors (Lipinski definition) is 3. The number of pyridine rings is 1. The molecular weight excluding hydrogens is 250 g/mol. The van der Waals surface area contributed by atoms with Crippen LogP contribution in [0.15, 0.2) is 36.7 Å². The summed E-state index contributed by atoms with van der Waals surface area (Å²) >= 11 is 5.86. The van der Waals surface area contributed by atoms with Crippen molar-refractivity contribution in [3.05, 3.63) is 58.4 Å². The zero-order valence-electron chi connectivity index (χ0n) is 10.1. The SMILES string of the molecule is Cc1cncc(COc2ccc(Cl)cc2CO)c1. The molecule has 94 valence electrons. The first-order valence-electron chi connectivity index (χ1n) is 5.61. The Morgan fingerprint density at radius 3 is 2.83 bits per heavy atom. The molecule has 0 radical (unpaired) electrons. The fourth-order valence-electron chi connectivity index (χ4n) is 1.67. The highest BCUT2D eigenvalue weighted by Crippen LogP contribution is 2.23. The van der Waals surface area contributed by atoms with E-state index in [1.807, 2.05) is 13.0 Å². The molecule has 2 aromatic rings. The van der Waals surface area contributed by atoms with Crippen molar-refractivity contribution < 1.29 is 9.84 Å². The van der Waals surface area contributed by atoms with Crippen LogP contribution in [-0.4, -0.2) is 10.1 Å². The van der Waals surface area contributed by atoms with E-state index in [-0.39, 0.29) is 6.61 Å². The highest BCUT2D eigenvalue weighted by atomic mass is 35.5. The Morgan fingerprint density at radius 1 is 1.28 bits per heavy atom. The van der Waals surface area contributed by atoms with E-state index in [1.54, 1.807) is 30.6 Å². The van der Waals surface area contributed by atoms with Gasteiger partial charge in [-0.2, -0.15) is 0 Å². The molecule has 1 aromatic carbocycles. The molecule has 0 unspecified atom stereocenters. The molecule has 0 saturated heterocycles. The van der Waals surface area contributed by atoms with E-state index in [0.717, 1.165) is 11.1 Å². The first-order valence-corrected chi connectivity index (χ1v) is 5.99. The van der Waals surface area contributed by atoms with Gasteiger partial charge in [-0.05, 0) is 36.8 Å². The summed E-state index contributed by atoms with van der Waals surface area (Å²) in [6, 6.07) is 7.22. The number of benzene rings is 1. The number of aliphatic hydroxyl groups is 1. The van der Waals surface area contributed by atoms with Crippen molar-refractivity contribution in [2.75, 3.05) is 0 Å². The second-order valence-corrected chi connectivity index (χ2v) is 4.51. The predicted molar refractivity (Wildman–Crippen MR) is 70.7 cm³/mol. The second-order valence-electron chi connectivity index (χ2n) is 4.07. The van der Waals surface area contributed by atoms with Gasteiger partial charge < -0.3 is 9.84 Å². The molecule has 1 heterocycles. The molecule has 1 aromatic heterocycles. The molecular formula is C14H14ClNO2. The Bertz CT molecular complexity index is 543. The summed E-state index contributed by atoms with van der Waals surface area (Å²) in [6.07, 6.45) is 3.56. The number of aromatic nitrogens is 1. The average Bonchev–Trinajstić information content (AvgIpc) is 2.37. The topological polar surface area (TPSA) is 42.4 Å². The van der Waals surface area contributed by atoms with Gasteiger partial charge in [-0.25, -0.2) is 0 Å². The van der Waals surface area contributed by atoms with Crippen LogP contribution < -0.4 is 4.74 Å². The average molecular weight is 264 g/mol. The minimum atomic E-state index is -0.0953. The lowest BCUT2D eigenvalue weighted by Crippen LogP contribution is -1.99. The van der Waals surface area contributed by atoms with E-state index in [9.17, 15) is 5.11 Å². The van der Waals surface area contributed by atoms with Gasteiger partial charge in [0.25, 0.3) is 0 Å². The minimum Gasteiger partial charge on any atom is -0.488 e. The van der Waals surface area contributed by atoms with Crippen molar-refractivity contribution in [1.82, 2.24) is 4.98 Å². The molecule has 4 heteroatoms. The van der Waals surface area contributed by atoms with Gasteiger partial charge in [-0.15, -0.1) is 0 Å². The van der Waals surface area contributed by atoms with Gasteiger partial charge in [0.05, 0.1) is 6.61 Å². The molecule has 0 aliphatic carbocycles. The van der Waals surface area contributed by atoms with Gasteiger partial charge in [0.2, 0.25) is 0 Å². The van der Waals surface area contributed by atoms with Crippen molar-refractivity contribution in [1.29, 1.82) is 0 Å². The fraction of sp³-hybridized carbons (Fsp3) is 0.214. The maximum absolute atomic E-state index is 9.23. The Morgan fingerprint density at radius 2 is 2.11 bits per heavy atom. The van der Waals surface area contributed by atoms with Gasteiger partial charge in [0.15, 0.2) is 0 Å². The molecule has 0 amide bonds. The van der Waals surface area contributed by atoms with Crippen molar-refractivity contribution >= 4 is 11.6 Å². The Labute approximate surface area is 111 Å². The molecule has 1 N–H and O–H groups in total. The Hall–Kier alpha value is -1.58. The number of halogens is 1. The predicted octanol–water partition coefficient (Wildman–Crippen LogP) is 3.11. The maximum Gasteiger partial charge on any atom is 0.125 e. The van der Waals surface area contributed by atoms with E-state index in [4.69, 9.17) is 16.3 Å². The van der Waals surface area contributed by atoms with E-state index in [0.29, 0.717) is 22.9 Å². The lowest BCUT2D eigenvalue weighted by Gasteiger charge is -2.10. The second kappa shape index (κ2) is 5.85. The lowest BCUT2D eigenvalue weighted by atomic mass is 10.2. The smallest absolute Gasteiger partial charge is 0.125 e. The summed E-state index contributed by atoms with van der Waals surface area (Å²) in [5.74, 6) is 0.642. The molecule has 3 nitrogen and oxygen atoms in total. The highest BCUT2D eigenvalue weighted by molar-refractivity contribution is 6.30. The number of ether oxygens (including phenoxy) is 1. The van der Waals surface area contributed by atoms with Gasteiger partial charge in [-0.3, -0.25) is 4.98 Å². The van der Waals surface area contributed by atoms with Crippen LogP contribution in [0.1, 0.15) is 16.7 Å². The van der Waals surface area contributed by atoms with Gasteiger partial charge in [0.1, 0.15) is 12.4 Å². The summed E-state index contributed by atoms with van der Waals surface area (Å²) in [7, 11) is 0. The molecule has 0 saturated carbocycles. The van der Waals surface area contributed by atoms with E-state index in [1.165, 1.54) is 0 Å². The third-order valence-corrected chi connectivity index (χ3v) is 2.75. The third kappa shape index (κ3) is 3.22. The van der Waals surface area contributed by atoms with E-state index in [2.05, 4.69) is 4.98 Å². The molecule has 18 heavy (non-hydrogen) atoms. The van der Waals surface area contributed by atoms with Crippen molar-refractivity contribution in [2.24, 2.45) is 0 Å². The first-order chi connectivity index (χ1) is 8.69. The first kappa shape index (κ1) is 12.9. The zero-order valence-corrected chi connectivity index (χ0v) is 10.8. The molecule has 2 rings (SSSR count). The number of nitrogens with zero attached hydrogens (tertiary/aromatic N) is 1. The summed E-state index contributed by atoms with van der Waals surface area (Å²) in [6.45, 7) is 2.31. The van der Waals surface area contributed by atoms with Crippen LogP contribution in [-0.2, 0) is 13.2 Å². The highest BCUT2D eigenvalue weighted by Gasteiger charge is 2.04. The van der Waals surface area contributed by atoms with Crippen LogP contribution >= 0.6 is 11.6 Å². The maximum atomic E-state index is 9.23. The van der Waals surface area contributed by atoms with Crippen LogP contribution in [0.5, 0.6) is 5.75 Å². The fourth-order valence-corrected chi connectivity index (χ4v) is 1.86. The van der Waals surface area contributed by atoms with Gasteiger partial charge in [0, 0.05) is 28.5 Å². The van der Waals surface area contributed by atoms with E-state index < -0.39 is 0 Å². The third-order valence-electron chi connectivity index (χ3n) is 2.52. The Balaban J connectivity index is 2.10. The van der Waals surface area contributed by atoms with E-state index >= 15 is 0 Å². The Kier molecular flexibility index (Phi) is 4.18. The minimum absolute atomic E-state index is 0.0953. The van der Waals surface area contributed by atoms with Crippen molar-refractivity contribution in [3.63, 3.8) is 0 Å². The molecule has 0 spiro atoms. The number of aryl methyl sites for hydroxylation is 1. The van der Waals surface area contributed by atoms with Crippen LogP contribution in [0.3, 0.4) is 0 Å². The monoisotopic (exact) mass is 263 g/mol. The molecule has 0 aliphatic heterocycles. The largest absolute Gasteiger partial charge is 0.488 e. The quantitative estimate of drug-likeness (QED) is 0.922. The van der Waals surface area contributed by atoms with Crippen LogP contribution in [0.25, 0.3) is 0 Å². The summed E-state index contributed by atoms with van der Waals surface area (Å²) in [5, 5.41) is 9.82. The number of aliphatic hydroxyl groups excluding tert-OH is 1. The number of hydrogen-bond donors (Lipinski definition) is 1. The van der Waals surface area contributed by atoms with Gasteiger partial charge >= 0.3 is 0 Å². The normalized spacial score (nSPS) is 10.4. The number of rotatable bonds is 4. The summed E-state index contributed by atoms with van der Waals surface area (Å²) < 4.78 is 5.67. The van der Waals surface area contributed by atoms with Crippen LogP contribution in [0.4, 0.5) is 0 Å². The summed E-state index contributed by atoms with van der Waals surface area (Å²) in [5.41, 5.74) is 2.77. The standard InChI is InChI=1S/C14H14ClNO2/c1-10-4-11(7-16-6-10)9-18-14-3-2-13(15)5-12(14)8-17/h2-7,17H,8-9H2,1H3. The summed E-state index contributed by atoms with van der Waals surface area (Å²) in [4.78, 5) is 4.10. The van der Waals surface area contributed by atoms with Crippen molar-refractivity contribution in [3.8, 4) is 5.75 Å². The molecule has 0 aliphatic rings. The van der Waals surface area contributed by atoms with Crippen molar-refractivity contribution in [2.45, 2.75) is 20.1 Å². The molecule has 0 atom stereocenters. The van der Waals surface area contributed by atoms with Crippen LogP contribution in [0, 0.1) is 6.92 Å². The molecule has 0 bridgehead atoms. The van der Waals surface area contributed by atoms with Crippen LogP contribution in [0.2, 0.25) is 5.02 Å². The molecule has 0 fully saturated rings. The lowest BCUT2D eigenvalue weighted by molar-refractivity contribution is 0.259.